The lowest BCUT2D eigenvalue weighted by molar-refractivity contribution is 0.251. The molecule has 0 bridgehead atoms. The fourth-order valence-corrected chi connectivity index (χ4v) is 1.60. The molecule has 1 aromatic carbocycles. The zero-order valence-corrected chi connectivity index (χ0v) is 11.5. The summed E-state index contributed by atoms with van der Waals surface area (Å²) in [5.41, 5.74) is 7.02. The molecule has 0 amide bonds. The third-order valence-corrected chi connectivity index (χ3v) is 2.93. The Morgan fingerprint density at radius 1 is 1.26 bits per heavy atom. The number of nitrogens with zero attached hydrogens (tertiary/aromatic N) is 2. The molecule has 102 valence electrons. The topological polar surface area (TPSA) is 74.2 Å². The molecule has 5 nitrogen and oxygen atoms in total. The molecule has 1 aromatic heterocycles. The van der Waals surface area contributed by atoms with Crippen molar-refractivity contribution in [3.63, 3.8) is 0 Å². The van der Waals surface area contributed by atoms with E-state index in [4.69, 9.17) is 14.9 Å². The minimum atomic E-state index is -0.236. The van der Waals surface area contributed by atoms with Gasteiger partial charge < -0.3 is 14.9 Å². The molecule has 1 unspecified atom stereocenters. The molecule has 0 radical (unpaired) electrons. The van der Waals surface area contributed by atoms with E-state index in [1.807, 2.05) is 45.0 Å². The van der Waals surface area contributed by atoms with E-state index >= 15 is 0 Å². The molecule has 0 saturated carbocycles. The maximum Gasteiger partial charge on any atom is 0.253 e. The summed E-state index contributed by atoms with van der Waals surface area (Å²) in [6.07, 6.45) is 0. The fraction of sp³-hybridized carbons (Fsp3) is 0.429. The summed E-state index contributed by atoms with van der Waals surface area (Å²) < 4.78 is 11.1. The summed E-state index contributed by atoms with van der Waals surface area (Å²) in [4.78, 5) is 0. The zero-order chi connectivity index (χ0) is 13.8. The van der Waals surface area contributed by atoms with E-state index in [9.17, 15) is 0 Å². The highest BCUT2D eigenvalue weighted by molar-refractivity contribution is 5.31. The smallest absolute Gasteiger partial charge is 0.253 e. The first-order valence-electron chi connectivity index (χ1n) is 6.34. The molecule has 0 saturated heterocycles. The highest BCUT2D eigenvalue weighted by Gasteiger charge is 2.17. The Morgan fingerprint density at radius 3 is 2.68 bits per heavy atom. The molecule has 0 spiro atoms. The van der Waals surface area contributed by atoms with Crippen molar-refractivity contribution in [2.75, 3.05) is 0 Å². The summed E-state index contributed by atoms with van der Waals surface area (Å²) in [6.45, 7) is 6.27. The minimum Gasteiger partial charge on any atom is -0.484 e. The van der Waals surface area contributed by atoms with E-state index in [1.165, 1.54) is 0 Å². The Morgan fingerprint density at radius 2 is 2.00 bits per heavy atom. The first-order chi connectivity index (χ1) is 9.08. The summed E-state index contributed by atoms with van der Waals surface area (Å²) >= 11 is 0. The van der Waals surface area contributed by atoms with E-state index in [0.29, 0.717) is 11.8 Å². The Balaban J connectivity index is 1.99. The van der Waals surface area contributed by atoms with Crippen LogP contribution in [0.4, 0.5) is 0 Å². The van der Waals surface area contributed by atoms with Crippen LogP contribution in [-0.4, -0.2) is 10.2 Å². The number of para-hydroxylation sites is 1. The van der Waals surface area contributed by atoms with Crippen LogP contribution in [0.15, 0.2) is 28.7 Å². The number of hydrogen-bond acceptors (Lipinski definition) is 5. The minimum absolute atomic E-state index is 0.236. The number of nitrogens with two attached hydrogens (primary N) is 1. The molecular formula is C14H19N3O2. The largest absolute Gasteiger partial charge is 0.484 e. The highest BCUT2D eigenvalue weighted by Crippen LogP contribution is 2.20. The van der Waals surface area contributed by atoms with E-state index in [2.05, 4.69) is 10.2 Å². The lowest BCUT2D eigenvalue weighted by atomic mass is 10.1. The second-order valence-electron chi connectivity index (χ2n) is 4.86. The van der Waals surface area contributed by atoms with E-state index < -0.39 is 0 Å². The van der Waals surface area contributed by atoms with Gasteiger partial charge in [-0.25, -0.2) is 0 Å². The van der Waals surface area contributed by atoms with Crippen molar-refractivity contribution in [2.45, 2.75) is 33.4 Å². The van der Waals surface area contributed by atoms with E-state index in [0.717, 1.165) is 11.3 Å². The van der Waals surface area contributed by atoms with Crippen molar-refractivity contribution in [1.29, 1.82) is 0 Å². The molecule has 19 heavy (non-hydrogen) atoms. The van der Waals surface area contributed by atoms with Crippen molar-refractivity contribution in [3.8, 4) is 5.75 Å². The number of aryl methyl sites for hydroxylation is 1. The standard InChI is InChI=1S/C14H19N3O2/c1-9(2)13(15)14-17-16-12(19-14)8-18-11-7-5-4-6-10(11)3/h4-7,9,13H,8,15H2,1-3H3. The molecular weight excluding hydrogens is 242 g/mol. The average molecular weight is 261 g/mol. The molecule has 0 aliphatic carbocycles. The molecule has 2 rings (SSSR count). The molecule has 5 heteroatoms. The van der Waals surface area contributed by atoms with E-state index in [-0.39, 0.29) is 18.6 Å². The molecule has 0 fully saturated rings. The van der Waals surface area contributed by atoms with Gasteiger partial charge in [0.2, 0.25) is 5.89 Å². The SMILES string of the molecule is Cc1ccccc1OCc1nnc(C(N)C(C)C)o1. The van der Waals surface area contributed by atoms with Crippen LogP contribution in [0.5, 0.6) is 5.75 Å². The van der Waals surface area contributed by atoms with Gasteiger partial charge in [-0.2, -0.15) is 0 Å². The van der Waals surface area contributed by atoms with Gasteiger partial charge in [-0.15, -0.1) is 10.2 Å². The van der Waals surface area contributed by atoms with Crippen molar-refractivity contribution in [1.82, 2.24) is 10.2 Å². The second-order valence-corrected chi connectivity index (χ2v) is 4.86. The highest BCUT2D eigenvalue weighted by atomic mass is 16.5. The van der Waals surface area contributed by atoms with Gasteiger partial charge in [-0.3, -0.25) is 0 Å². The van der Waals surface area contributed by atoms with Crippen LogP contribution in [0.3, 0.4) is 0 Å². The van der Waals surface area contributed by atoms with Gasteiger partial charge in [-0.1, -0.05) is 32.0 Å². The van der Waals surface area contributed by atoms with Crippen LogP contribution in [0.1, 0.15) is 37.2 Å². The van der Waals surface area contributed by atoms with Crippen molar-refractivity contribution < 1.29 is 9.15 Å². The van der Waals surface area contributed by atoms with Crippen molar-refractivity contribution in [2.24, 2.45) is 11.7 Å². The molecule has 1 heterocycles. The third-order valence-electron chi connectivity index (χ3n) is 2.93. The number of hydrogen-bond donors (Lipinski definition) is 1. The van der Waals surface area contributed by atoms with Crippen LogP contribution in [0.2, 0.25) is 0 Å². The van der Waals surface area contributed by atoms with Gasteiger partial charge in [0.25, 0.3) is 5.89 Å². The summed E-state index contributed by atoms with van der Waals surface area (Å²) in [5, 5.41) is 7.89. The van der Waals surface area contributed by atoms with Crippen LogP contribution < -0.4 is 10.5 Å². The van der Waals surface area contributed by atoms with Crippen molar-refractivity contribution in [3.05, 3.63) is 41.6 Å². The van der Waals surface area contributed by atoms with E-state index in [1.54, 1.807) is 0 Å². The monoisotopic (exact) mass is 261 g/mol. The first kappa shape index (κ1) is 13.5. The summed E-state index contributed by atoms with van der Waals surface area (Å²) in [7, 11) is 0. The Kier molecular flexibility index (Phi) is 4.16. The van der Waals surface area contributed by atoms with Gasteiger partial charge >= 0.3 is 0 Å². The first-order valence-corrected chi connectivity index (χ1v) is 6.34. The third kappa shape index (κ3) is 3.32. The van der Waals surface area contributed by atoms with Crippen LogP contribution in [0, 0.1) is 12.8 Å². The van der Waals surface area contributed by atoms with Crippen LogP contribution >= 0.6 is 0 Å². The zero-order valence-electron chi connectivity index (χ0n) is 11.5. The number of benzene rings is 1. The summed E-state index contributed by atoms with van der Waals surface area (Å²) in [5.74, 6) is 1.97. The number of aromatic nitrogens is 2. The lowest BCUT2D eigenvalue weighted by Crippen LogP contribution is -2.16. The van der Waals surface area contributed by atoms with Crippen LogP contribution in [-0.2, 0) is 6.61 Å². The second kappa shape index (κ2) is 5.84. The maximum atomic E-state index is 5.95. The Hall–Kier alpha value is -1.88. The van der Waals surface area contributed by atoms with Gasteiger partial charge in [0.15, 0.2) is 6.61 Å². The molecule has 2 N–H and O–H groups in total. The summed E-state index contributed by atoms with van der Waals surface area (Å²) in [6, 6.07) is 7.56. The normalized spacial score (nSPS) is 12.7. The van der Waals surface area contributed by atoms with Crippen molar-refractivity contribution >= 4 is 0 Å². The number of ether oxygens (including phenoxy) is 1. The number of rotatable bonds is 5. The van der Waals surface area contributed by atoms with Crippen LogP contribution in [0.25, 0.3) is 0 Å². The maximum absolute atomic E-state index is 5.95. The van der Waals surface area contributed by atoms with Gasteiger partial charge in [0.1, 0.15) is 5.75 Å². The van der Waals surface area contributed by atoms with Gasteiger partial charge in [0.05, 0.1) is 6.04 Å². The predicted octanol–water partition coefficient (Wildman–Crippen LogP) is 2.61. The average Bonchev–Trinajstić information content (AvgIpc) is 2.85. The quantitative estimate of drug-likeness (QED) is 0.895. The Bertz CT molecular complexity index is 537. The fourth-order valence-electron chi connectivity index (χ4n) is 1.60. The molecule has 0 aliphatic rings. The predicted molar refractivity (Wildman–Crippen MR) is 71.6 cm³/mol. The van der Waals surface area contributed by atoms with Gasteiger partial charge in [-0.05, 0) is 24.5 Å². The Labute approximate surface area is 112 Å². The molecule has 1 atom stereocenters. The van der Waals surface area contributed by atoms with Gasteiger partial charge in [0, 0.05) is 0 Å². The molecule has 2 aromatic rings. The lowest BCUT2D eigenvalue weighted by Gasteiger charge is -2.09. The molecule has 0 aliphatic heterocycles.